The van der Waals surface area contributed by atoms with Crippen molar-refractivity contribution < 1.29 is 9.47 Å². The number of benzene rings is 2. The molecule has 0 aromatic heterocycles. The van der Waals surface area contributed by atoms with Gasteiger partial charge < -0.3 is 20.5 Å². The van der Waals surface area contributed by atoms with Crippen LogP contribution in [0.25, 0.3) is 0 Å². The normalized spacial score (nSPS) is 12.7. The Morgan fingerprint density at radius 3 is 2.29 bits per heavy atom. The summed E-state index contributed by atoms with van der Waals surface area (Å²) in [4.78, 5) is 0. The molecule has 31 heavy (non-hydrogen) atoms. The van der Waals surface area contributed by atoms with Crippen LogP contribution in [-0.4, -0.2) is 13.7 Å². The third-order valence-corrected chi connectivity index (χ3v) is 4.62. The first-order valence-corrected chi connectivity index (χ1v) is 10.4. The number of nitrogen functional groups attached to an aromatic ring is 1. The van der Waals surface area contributed by atoms with E-state index in [0.717, 1.165) is 34.9 Å². The van der Waals surface area contributed by atoms with E-state index in [0.29, 0.717) is 12.4 Å². The zero-order valence-electron chi connectivity index (χ0n) is 18.6. The highest BCUT2D eigenvalue weighted by Gasteiger charge is 2.01. The van der Waals surface area contributed by atoms with Gasteiger partial charge in [-0.1, -0.05) is 31.7 Å². The van der Waals surface area contributed by atoms with Gasteiger partial charge in [0.05, 0.1) is 0 Å². The van der Waals surface area contributed by atoms with E-state index in [1.165, 1.54) is 5.57 Å². The molecule has 2 aromatic rings. The monoisotopic (exact) mass is 416 g/mol. The molecule has 2 rings (SSSR count). The van der Waals surface area contributed by atoms with E-state index in [1.54, 1.807) is 6.08 Å². The Balaban J connectivity index is 2.03. The maximum absolute atomic E-state index is 5.93. The predicted molar refractivity (Wildman–Crippen MR) is 133 cm³/mol. The number of hydrogen-bond donors (Lipinski definition) is 2. The molecule has 0 aliphatic carbocycles. The van der Waals surface area contributed by atoms with Crippen molar-refractivity contribution in [1.29, 1.82) is 0 Å². The minimum atomic E-state index is 0.484. The van der Waals surface area contributed by atoms with Gasteiger partial charge in [-0.25, -0.2) is 0 Å². The Bertz CT molecular complexity index is 950. The molecule has 3 N–H and O–H groups in total. The molecule has 0 saturated heterocycles. The molecule has 162 valence electrons. The van der Waals surface area contributed by atoms with Crippen LogP contribution in [0.5, 0.6) is 11.5 Å². The molecule has 0 fully saturated rings. The minimum Gasteiger partial charge on any atom is -0.490 e. The Hall–Kier alpha value is -3.66. The lowest BCUT2D eigenvalue weighted by Gasteiger charge is -2.08. The van der Waals surface area contributed by atoms with Crippen LogP contribution in [-0.2, 0) is 0 Å². The molecule has 4 heteroatoms. The zero-order chi connectivity index (χ0) is 22.5. The summed E-state index contributed by atoms with van der Waals surface area (Å²) in [6.45, 7) is 8.51. The second-order valence-electron chi connectivity index (χ2n) is 6.72. The first kappa shape index (κ1) is 23.6. The smallest absolute Gasteiger partial charge is 0.127 e. The fourth-order valence-electron chi connectivity index (χ4n) is 2.84. The van der Waals surface area contributed by atoms with Crippen molar-refractivity contribution in [2.45, 2.75) is 20.3 Å². The van der Waals surface area contributed by atoms with Crippen molar-refractivity contribution in [3.8, 4) is 11.5 Å². The van der Waals surface area contributed by atoms with E-state index >= 15 is 0 Å². The van der Waals surface area contributed by atoms with Gasteiger partial charge in [-0.3, -0.25) is 0 Å². The molecule has 0 bridgehead atoms. The largest absolute Gasteiger partial charge is 0.490 e. The van der Waals surface area contributed by atoms with Crippen LogP contribution in [0.15, 0.2) is 108 Å². The fraction of sp³-hybridized carbons (Fsp3) is 0.185. The third-order valence-electron chi connectivity index (χ3n) is 4.62. The first-order chi connectivity index (χ1) is 15.1. The number of allylic oxidation sites excluding steroid dienone is 7. The van der Waals surface area contributed by atoms with Crippen molar-refractivity contribution in [2.24, 2.45) is 0 Å². The van der Waals surface area contributed by atoms with Crippen LogP contribution in [0.2, 0.25) is 0 Å². The van der Waals surface area contributed by atoms with Crippen molar-refractivity contribution in [2.75, 3.05) is 24.7 Å². The molecule has 0 aliphatic heterocycles. The standard InChI is InChI=1S/C27H32N2O2/c1-5-21(9-8-20-30-26-16-11-23(28)12-17-26)22(6-2)10-15-25(7-3)31-27-18-13-24(29-4)14-19-27/h5,7-19,29H,3,6,20,28H2,1-2,4H3/b9-8-,21-5+,22-10+,25-15+. The van der Waals surface area contributed by atoms with Gasteiger partial charge in [-0.15, -0.1) is 0 Å². The number of anilines is 2. The molecular formula is C27H32N2O2. The van der Waals surface area contributed by atoms with E-state index in [-0.39, 0.29) is 0 Å². The van der Waals surface area contributed by atoms with Crippen LogP contribution in [0.1, 0.15) is 20.3 Å². The summed E-state index contributed by atoms with van der Waals surface area (Å²) in [5, 5.41) is 3.09. The summed E-state index contributed by atoms with van der Waals surface area (Å²) in [6.07, 6.45) is 12.8. The van der Waals surface area contributed by atoms with Gasteiger partial charge in [0.1, 0.15) is 23.9 Å². The van der Waals surface area contributed by atoms with Crippen molar-refractivity contribution in [1.82, 2.24) is 0 Å². The van der Waals surface area contributed by atoms with E-state index in [1.807, 2.05) is 74.7 Å². The van der Waals surface area contributed by atoms with Crippen LogP contribution in [0.4, 0.5) is 11.4 Å². The molecule has 0 saturated carbocycles. The number of ether oxygens (including phenoxy) is 2. The Kier molecular flexibility index (Phi) is 9.76. The van der Waals surface area contributed by atoms with Crippen molar-refractivity contribution in [3.63, 3.8) is 0 Å². The van der Waals surface area contributed by atoms with Gasteiger partial charge in [-0.05, 0) is 91.2 Å². The van der Waals surface area contributed by atoms with Crippen LogP contribution in [0, 0.1) is 0 Å². The van der Waals surface area contributed by atoms with E-state index in [2.05, 4.69) is 37.0 Å². The summed E-state index contributed by atoms with van der Waals surface area (Å²) < 4.78 is 11.7. The predicted octanol–water partition coefficient (Wildman–Crippen LogP) is 6.68. The summed E-state index contributed by atoms with van der Waals surface area (Å²) in [6, 6.07) is 15.2. The highest BCUT2D eigenvalue weighted by atomic mass is 16.5. The second kappa shape index (κ2) is 12.8. The third kappa shape index (κ3) is 7.94. The Labute approximate surface area is 186 Å². The molecule has 0 spiro atoms. The lowest BCUT2D eigenvalue weighted by molar-refractivity contribution is 0.363. The summed E-state index contributed by atoms with van der Waals surface area (Å²) in [7, 11) is 1.89. The molecule has 0 unspecified atom stereocenters. The van der Waals surface area contributed by atoms with Crippen molar-refractivity contribution in [3.05, 3.63) is 108 Å². The topological polar surface area (TPSA) is 56.5 Å². The average molecular weight is 417 g/mol. The van der Waals surface area contributed by atoms with Gasteiger partial charge in [0.15, 0.2) is 0 Å². The highest BCUT2D eigenvalue weighted by molar-refractivity contribution is 5.47. The lowest BCUT2D eigenvalue weighted by atomic mass is 10.0. The van der Waals surface area contributed by atoms with E-state index < -0.39 is 0 Å². The molecule has 2 aromatic carbocycles. The Morgan fingerprint density at radius 1 is 1.03 bits per heavy atom. The average Bonchev–Trinajstić information content (AvgIpc) is 2.81. The number of nitrogens with two attached hydrogens (primary N) is 1. The SMILES string of the molecule is C=C\C(=C/C=C(CC)/C(/C=C\COc1ccc(N)cc1)=C/C)Oc1ccc(NC)cc1. The Morgan fingerprint density at radius 2 is 1.71 bits per heavy atom. The van der Waals surface area contributed by atoms with E-state index in [9.17, 15) is 0 Å². The molecular weight excluding hydrogens is 384 g/mol. The molecule has 4 nitrogen and oxygen atoms in total. The maximum atomic E-state index is 5.93. The highest BCUT2D eigenvalue weighted by Crippen LogP contribution is 2.20. The minimum absolute atomic E-state index is 0.484. The molecule has 0 radical (unpaired) electrons. The molecule has 0 aliphatic rings. The summed E-state index contributed by atoms with van der Waals surface area (Å²) in [5.41, 5.74) is 9.79. The van der Waals surface area contributed by atoms with Crippen LogP contribution < -0.4 is 20.5 Å². The number of nitrogens with one attached hydrogen (secondary N) is 1. The lowest BCUT2D eigenvalue weighted by Crippen LogP contribution is -1.95. The molecule has 0 atom stereocenters. The first-order valence-electron chi connectivity index (χ1n) is 10.4. The number of rotatable bonds is 11. The zero-order valence-corrected chi connectivity index (χ0v) is 18.6. The van der Waals surface area contributed by atoms with Gasteiger partial charge in [0.2, 0.25) is 0 Å². The van der Waals surface area contributed by atoms with Crippen LogP contribution in [0.3, 0.4) is 0 Å². The summed E-state index contributed by atoms with van der Waals surface area (Å²) >= 11 is 0. The molecule has 0 amide bonds. The maximum Gasteiger partial charge on any atom is 0.127 e. The van der Waals surface area contributed by atoms with Gasteiger partial charge in [0.25, 0.3) is 0 Å². The number of hydrogen-bond acceptors (Lipinski definition) is 4. The summed E-state index contributed by atoms with van der Waals surface area (Å²) in [5.74, 6) is 2.25. The second-order valence-corrected chi connectivity index (χ2v) is 6.72. The van der Waals surface area contributed by atoms with Gasteiger partial charge >= 0.3 is 0 Å². The quantitative estimate of drug-likeness (QED) is 0.244. The van der Waals surface area contributed by atoms with Gasteiger partial charge in [0, 0.05) is 18.4 Å². The van der Waals surface area contributed by atoms with Gasteiger partial charge in [-0.2, -0.15) is 0 Å². The van der Waals surface area contributed by atoms with Crippen LogP contribution >= 0.6 is 0 Å². The van der Waals surface area contributed by atoms with E-state index in [4.69, 9.17) is 15.2 Å². The molecule has 0 heterocycles. The van der Waals surface area contributed by atoms with Crippen molar-refractivity contribution >= 4 is 11.4 Å². The fourth-order valence-corrected chi connectivity index (χ4v) is 2.84.